The van der Waals surface area contributed by atoms with Crippen molar-refractivity contribution in [1.29, 1.82) is 0 Å². The van der Waals surface area contributed by atoms with Crippen molar-refractivity contribution in [2.75, 3.05) is 50.9 Å². The third-order valence-electron chi connectivity index (χ3n) is 4.71. The first-order valence-electron chi connectivity index (χ1n) is 8.87. The van der Waals surface area contributed by atoms with Gasteiger partial charge in [-0.1, -0.05) is 12.1 Å². The first-order valence-corrected chi connectivity index (χ1v) is 8.87. The lowest BCUT2D eigenvalue weighted by Crippen LogP contribution is -2.46. The lowest BCUT2D eigenvalue weighted by Gasteiger charge is -2.36. The summed E-state index contributed by atoms with van der Waals surface area (Å²) in [6.45, 7) is 3.08. The highest BCUT2D eigenvalue weighted by molar-refractivity contribution is 5.94. The molecule has 2 aromatic carbocycles. The summed E-state index contributed by atoms with van der Waals surface area (Å²) < 4.78 is 28.2. The maximum absolute atomic E-state index is 14.1. The van der Waals surface area contributed by atoms with Gasteiger partial charge in [-0.05, 0) is 29.8 Å². The van der Waals surface area contributed by atoms with Crippen LogP contribution in [0.2, 0.25) is 0 Å². The molecule has 0 bridgehead atoms. The number of hydrogen-bond acceptors (Lipinski definition) is 4. The van der Waals surface area contributed by atoms with E-state index in [4.69, 9.17) is 5.73 Å². The second kappa shape index (κ2) is 7.92. The molecule has 2 aromatic rings. The normalized spacial score (nSPS) is 15.0. The topological polar surface area (TPSA) is 52.8 Å². The molecular formula is C20H24F2N4O. The number of anilines is 2. The summed E-state index contributed by atoms with van der Waals surface area (Å²) in [5, 5.41) is 0. The van der Waals surface area contributed by atoms with E-state index in [2.05, 4.69) is 4.90 Å². The zero-order valence-electron chi connectivity index (χ0n) is 15.6. The van der Waals surface area contributed by atoms with E-state index in [-0.39, 0.29) is 17.3 Å². The molecule has 0 aliphatic carbocycles. The molecule has 1 heterocycles. The zero-order valence-corrected chi connectivity index (χ0v) is 15.6. The Bertz CT molecular complexity index is 809. The number of carbonyl (C=O) groups excluding carboxylic acids is 1. The van der Waals surface area contributed by atoms with Gasteiger partial charge in [-0.2, -0.15) is 0 Å². The van der Waals surface area contributed by atoms with Crippen molar-refractivity contribution in [2.45, 2.75) is 6.54 Å². The Morgan fingerprint density at radius 3 is 2.30 bits per heavy atom. The first-order chi connectivity index (χ1) is 12.8. The summed E-state index contributed by atoms with van der Waals surface area (Å²) in [5.74, 6) is -1.29. The molecule has 0 radical (unpaired) electrons. The Morgan fingerprint density at radius 2 is 1.70 bits per heavy atom. The molecule has 1 fully saturated rings. The fraction of sp³-hybridized carbons (Fsp3) is 0.350. The third-order valence-corrected chi connectivity index (χ3v) is 4.71. The van der Waals surface area contributed by atoms with Crippen LogP contribution < -0.4 is 10.6 Å². The van der Waals surface area contributed by atoms with E-state index in [1.54, 1.807) is 30.0 Å². The van der Waals surface area contributed by atoms with Crippen LogP contribution in [0.15, 0.2) is 36.4 Å². The lowest BCUT2D eigenvalue weighted by atomic mass is 10.1. The van der Waals surface area contributed by atoms with Gasteiger partial charge in [-0.15, -0.1) is 0 Å². The highest BCUT2D eigenvalue weighted by Gasteiger charge is 2.23. The van der Waals surface area contributed by atoms with E-state index in [9.17, 15) is 13.6 Å². The molecule has 2 N–H and O–H groups in total. The molecule has 3 rings (SSSR count). The largest absolute Gasteiger partial charge is 0.399 e. The molecular weight excluding hydrogens is 350 g/mol. The molecule has 1 saturated heterocycles. The van der Waals surface area contributed by atoms with Crippen LogP contribution in [-0.4, -0.2) is 56.0 Å². The van der Waals surface area contributed by atoms with Crippen LogP contribution in [0, 0.1) is 11.6 Å². The van der Waals surface area contributed by atoms with Gasteiger partial charge in [0.2, 0.25) is 0 Å². The predicted octanol–water partition coefficient (Wildman–Crippen LogP) is 2.57. The SMILES string of the molecule is CN(C)C(=O)c1cccc(CN2CCN(c3c(F)cc(N)cc3F)CC2)c1. The number of amides is 1. The number of nitrogens with two attached hydrogens (primary N) is 1. The number of benzene rings is 2. The highest BCUT2D eigenvalue weighted by Crippen LogP contribution is 2.27. The van der Waals surface area contributed by atoms with Crippen molar-refractivity contribution in [3.05, 3.63) is 59.2 Å². The highest BCUT2D eigenvalue weighted by atomic mass is 19.1. The summed E-state index contributed by atoms with van der Waals surface area (Å²) in [5.41, 5.74) is 7.25. The van der Waals surface area contributed by atoms with Gasteiger partial charge in [0.05, 0.1) is 0 Å². The van der Waals surface area contributed by atoms with Crippen molar-refractivity contribution >= 4 is 17.3 Å². The average molecular weight is 374 g/mol. The number of hydrogen-bond donors (Lipinski definition) is 1. The van der Waals surface area contributed by atoms with Crippen LogP contribution in [0.4, 0.5) is 20.2 Å². The molecule has 1 aliphatic heterocycles. The molecule has 1 aliphatic rings. The van der Waals surface area contributed by atoms with Crippen molar-refractivity contribution in [2.24, 2.45) is 0 Å². The van der Waals surface area contributed by atoms with Crippen LogP contribution in [0.25, 0.3) is 0 Å². The van der Waals surface area contributed by atoms with E-state index in [1.165, 1.54) is 0 Å². The quantitative estimate of drug-likeness (QED) is 0.836. The predicted molar refractivity (Wildman–Crippen MR) is 103 cm³/mol. The maximum Gasteiger partial charge on any atom is 0.253 e. The van der Waals surface area contributed by atoms with Crippen LogP contribution in [0.1, 0.15) is 15.9 Å². The Kier molecular flexibility index (Phi) is 5.60. The standard InChI is InChI=1S/C20H24F2N4O/c1-24(2)20(27)15-5-3-4-14(10-15)13-25-6-8-26(9-7-25)19-17(21)11-16(23)12-18(19)22/h3-5,10-12H,6-9,13,23H2,1-2H3. The van der Waals surface area contributed by atoms with Gasteiger partial charge in [-0.3, -0.25) is 9.69 Å². The monoisotopic (exact) mass is 374 g/mol. The van der Waals surface area contributed by atoms with E-state index in [0.29, 0.717) is 38.3 Å². The molecule has 5 nitrogen and oxygen atoms in total. The Balaban J connectivity index is 1.64. The van der Waals surface area contributed by atoms with Gasteiger partial charge in [0.25, 0.3) is 5.91 Å². The fourth-order valence-electron chi connectivity index (χ4n) is 3.34. The minimum atomic E-state index is -0.629. The summed E-state index contributed by atoms with van der Waals surface area (Å²) >= 11 is 0. The van der Waals surface area contributed by atoms with E-state index in [0.717, 1.165) is 17.7 Å². The Labute approximate surface area is 158 Å². The Hall–Kier alpha value is -2.67. The number of nitrogens with zero attached hydrogens (tertiary/aromatic N) is 3. The lowest BCUT2D eigenvalue weighted by molar-refractivity contribution is 0.0827. The van der Waals surface area contributed by atoms with Crippen LogP contribution in [0.5, 0.6) is 0 Å². The summed E-state index contributed by atoms with van der Waals surface area (Å²) in [6, 6.07) is 9.86. The third kappa shape index (κ3) is 4.36. The van der Waals surface area contributed by atoms with Crippen LogP contribution in [-0.2, 0) is 6.54 Å². The van der Waals surface area contributed by atoms with Crippen LogP contribution >= 0.6 is 0 Å². The van der Waals surface area contributed by atoms with Gasteiger partial charge in [-0.25, -0.2) is 8.78 Å². The molecule has 0 aromatic heterocycles. The number of nitrogen functional groups attached to an aromatic ring is 1. The molecule has 27 heavy (non-hydrogen) atoms. The minimum Gasteiger partial charge on any atom is -0.399 e. The van der Waals surface area contributed by atoms with Crippen molar-refractivity contribution in [3.8, 4) is 0 Å². The number of carbonyl (C=O) groups is 1. The van der Waals surface area contributed by atoms with Crippen molar-refractivity contribution in [3.63, 3.8) is 0 Å². The van der Waals surface area contributed by atoms with Gasteiger partial charge >= 0.3 is 0 Å². The number of rotatable bonds is 4. The van der Waals surface area contributed by atoms with Gasteiger partial charge in [0, 0.05) is 58.1 Å². The first kappa shape index (κ1) is 19.1. The summed E-state index contributed by atoms with van der Waals surface area (Å²) in [7, 11) is 3.45. The van der Waals surface area contributed by atoms with Gasteiger partial charge in [0.15, 0.2) is 11.6 Å². The molecule has 0 spiro atoms. The minimum absolute atomic E-state index is 0.0116. The van der Waals surface area contributed by atoms with Crippen molar-refractivity contribution in [1.82, 2.24) is 9.80 Å². The second-order valence-corrected chi connectivity index (χ2v) is 7.00. The number of halogens is 2. The average Bonchev–Trinajstić information content (AvgIpc) is 2.62. The van der Waals surface area contributed by atoms with Gasteiger partial charge in [0.1, 0.15) is 5.69 Å². The molecule has 0 unspecified atom stereocenters. The van der Waals surface area contributed by atoms with E-state index >= 15 is 0 Å². The summed E-state index contributed by atoms with van der Waals surface area (Å²) in [4.78, 5) is 17.6. The zero-order chi connectivity index (χ0) is 19.6. The fourth-order valence-corrected chi connectivity index (χ4v) is 3.34. The second-order valence-electron chi connectivity index (χ2n) is 7.00. The molecule has 0 atom stereocenters. The molecule has 144 valence electrons. The van der Waals surface area contributed by atoms with E-state index < -0.39 is 11.6 Å². The van der Waals surface area contributed by atoms with Crippen LogP contribution in [0.3, 0.4) is 0 Å². The smallest absolute Gasteiger partial charge is 0.253 e. The van der Waals surface area contributed by atoms with E-state index in [1.807, 2.05) is 18.2 Å². The molecule has 1 amide bonds. The maximum atomic E-state index is 14.1. The molecule has 0 saturated carbocycles. The van der Waals surface area contributed by atoms with Gasteiger partial charge < -0.3 is 15.5 Å². The van der Waals surface area contributed by atoms with Crippen molar-refractivity contribution < 1.29 is 13.6 Å². The Morgan fingerprint density at radius 1 is 1.07 bits per heavy atom. The summed E-state index contributed by atoms with van der Waals surface area (Å²) in [6.07, 6.45) is 0. The number of piperazine rings is 1. The molecule has 7 heteroatoms.